The van der Waals surface area contributed by atoms with Crippen LogP contribution in [0.15, 0.2) is 41.3 Å². The third-order valence-corrected chi connectivity index (χ3v) is 4.98. The summed E-state index contributed by atoms with van der Waals surface area (Å²) in [7, 11) is -2.73. The summed E-state index contributed by atoms with van der Waals surface area (Å²) in [6, 6.07) is 6.18. The Hall–Kier alpha value is -2.63. The molecule has 3 N–H and O–H groups in total. The van der Waals surface area contributed by atoms with Gasteiger partial charge in [-0.15, -0.1) is 0 Å². The number of aliphatic hydroxyl groups excluding tert-OH is 1. The summed E-state index contributed by atoms with van der Waals surface area (Å²) in [6.45, 7) is -0.434. The molecule has 2 aromatic carbocycles. The average Bonchev–Trinajstić information content (AvgIpc) is 2.59. The zero-order valence-corrected chi connectivity index (χ0v) is 14.3. The van der Waals surface area contributed by atoms with Crippen LogP contribution in [-0.2, 0) is 10.0 Å². The first-order valence-corrected chi connectivity index (χ1v) is 8.73. The van der Waals surface area contributed by atoms with Crippen LogP contribution in [0.4, 0.5) is 20.2 Å². The zero-order chi connectivity index (χ0) is 19.5. The topological polar surface area (TPSA) is 122 Å². The molecule has 8 nitrogen and oxygen atoms in total. The Balaban J connectivity index is 2.28. The van der Waals surface area contributed by atoms with Crippen molar-refractivity contribution < 1.29 is 27.2 Å². The molecular formula is C15H15F2N3O5S. The highest BCUT2D eigenvalue weighted by Crippen LogP contribution is 2.29. The molecule has 1 atom stereocenters. The summed E-state index contributed by atoms with van der Waals surface area (Å²) in [5.74, 6) is -1.91. The summed E-state index contributed by atoms with van der Waals surface area (Å²) in [4.78, 5) is 10.0. The molecule has 1 unspecified atom stereocenters. The Morgan fingerprint density at radius 3 is 2.38 bits per heavy atom. The van der Waals surface area contributed by atoms with Gasteiger partial charge in [-0.25, -0.2) is 21.9 Å². The quantitative estimate of drug-likeness (QED) is 0.493. The molecule has 0 fully saturated rings. The summed E-state index contributed by atoms with van der Waals surface area (Å²) >= 11 is 0. The van der Waals surface area contributed by atoms with Crippen molar-refractivity contribution in [1.29, 1.82) is 0 Å². The molecule has 26 heavy (non-hydrogen) atoms. The zero-order valence-electron chi connectivity index (χ0n) is 13.4. The van der Waals surface area contributed by atoms with Gasteiger partial charge in [0.2, 0.25) is 10.0 Å². The first kappa shape index (κ1) is 19.7. The van der Waals surface area contributed by atoms with Crippen LogP contribution in [0.2, 0.25) is 0 Å². The lowest BCUT2D eigenvalue weighted by molar-refractivity contribution is -0.384. The Labute approximate surface area is 147 Å². The van der Waals surface area contributed by atoms with E-state index < -0.39 is 50.5 Å². The maximum atomic E-state index is 13.6. The van der Waals surface area contributed by atoms with Crippen molar-refractivity contribution in [2.75, 3.05) is 18.9 Å². The second-order valence-corrected chi connectivity index (χ2v) is 7.06. The first-order valence-electron chi connectivity index (χ1n) is 7.25. The lowest BCUT2D eigenvalue weighted by Crippen LogP contribution is -2.19. The number of nitrogens with zero attached hydrogens (tertiary/aromatic N) is 1. The van der Waals surface area contributed by atoms with Crippen molar-refractivity contribution in [3.8, 4) is 0 Å². The highest BCUT2D eigenvalue weighted by atomic mass is 32.2. The van der Waals surface area contributed by atoms with Gasteiger partial charge in [0, 0.05) is 12.6 Å². The minimum Gasteiger partial charge on any atom is -0.386 e. The number of nitro benzene ring substituents is 1. The van der Waals surface area contributed by atoms with Gasteiger partial charge in [0.15, 0.2) is 0 Å². The smallest absolute Gasteiger partial charge is 0.293 e. The van der Waals surface area contributed by atoms with Gasteiger partial charge >= 0.3 is 0 Å². The Bertz CT molecular complexity index is 917. The van der Waals surface area contributed by atoms with E-state index in [0.717, 1.165) is 43.4 Å². The minimum absolute atomic E-state index is 0.110. The number of nitro groups is 1. The molecule has 140 valence electrons. The van der Waals surface area contributed by atoms with Crippen LogP contribution >= 0.6 is 0 Å². The summed E-state index contributed by atoms with van der Waals surface area (Å²) < 4.78 is 52.8. The molecular weight excluding hydrogens is 372 g/mol. The summed E-state index contributed by atoms with van der Waals surface area (Å²) in [5, 5.41) is 23.7. The van der Waals surface area contributed by atoms with Crippen LogP contribution in [-0.4, -0.2) is 32.0 Å². The Morgan fingerprint density at radius 1 is 1.23 bits per heavy atom. The third-order valence-electron chi connectivity index (χ3n) is 3.56. The van der Waals surface area contributed by atoms with Gasteiger partial charge in [-0.1, -0.05) is 6.07 Å². The van der Waals surface area contributed by atoms with E-state index in [0.29, 0.717) is 0 Å². The van der Waals surface area contributed by atoms with Gasteiger partial charge in [0.1, 0.15) is 23.4 Å². The van der Waals surface area contributed by atoms with E-state index in [1.807, 2.05) is 4.72 Å². The molecule has 0 bridgehead atoms. The largest absolute Gasteiger partial charge is 0.386 e. The van der Waals surface area contributed by atoms with E-state index in [2.05, 4.69) is 5.32 Å². The molecule has 0 radical (unpaired) electrons. The van der Waals surface area contributed by atoms with Crippen molar-refractivity contribution in [2.45, 2.75) is 11.0 Å². The lowest BCUT2D eigenvalue weighted by Gasteiger charge is -2.15. The van der Waals surface area contributed by atoms with E-state index in [4.69, 9.17) is 0 Å². The average molecular weight is 387 g/mol. The van der Waals surface area contributed by atoms with E-state index >= 15 is 0 Å². The standard InChI is InChI=1S/C15H15F2N3O5S/c1-18-26(24,25)9-5-6-12(13(7-9)20(22)23)19-8-14(21)15-10(16)3-2-4-11(15)17/h2-7,14,18-19,21H,8H2,1H3. The molecule has 0 aromatic heterocycles. The molecule has 0 spiro atoms. The van der Waals surface area contributed by atoms with Gasteiger partial charge < -0.3 is 10.4 Å². The molecule has 0 aliphatic carbocycles. The van der Waals surface area contributed by atoms with Crippen LogP contribution in [0.5, 0.6) is 0 Å². The van der Waals surface area contributed by atoms with E-state index in [9.17, 15) is 32.4 Å². The molecule has 0 saturated carbocycles. The highest BCUT2D eigenvalue weighted by Gasteiger charge is 2.22. The third kappa shape index (κ3) is 4.12. The van der Waals surface area contributed by atoms with Crippen molar-refractivity contribution in [1.82, 2.24) is 4.72 Å². The van der Waals surface area contributed by atoms with Crippen molar-refractivity contribution in [3.05, 3.63) is 63.7 Å². The number of sulfonamides is 1. The van der Waals surface area contributed by atoms with Crippen LogP contribution in [0.3, 0.4) is 0 Å². The van der Waals surface area contributed by atoms with Crippen molar-refractivity contribution in [3.63, 3.8) is 0 Å². The van der Waals surface area contributed by atoms with Crippen molar-refractivity contribution in [2.24, 2.45) is 0 Å². The molecule has 0 aliphatic heterocycles. The van der Waals surface area contributed by atoms with Crippen LogP contribution in [0, 0.1) is 21.7 Å². The van der Waals surface area contributed by atoms with E-state index in [-0.39, 0.29) is 10.6 Å². The monoisotopic (exact) mass is 387 g/mol. The lowest BCUT2D eigenvalue weighted by atomic mass is 10.1. The van der Waals surface area contributed by atoms with Gasteiger partial charge in [0.05, 0.1) is 15.4 Å². The second-order valence-electron chi connectivity index (χ2n) is 5.18. The van der Waals surface area contributed by atoms with Crippen LogP contribution in [0.25, 0.3) is 0 Å². The molecule has 0 amide bonds. The predicted molar refractivity (Wildman–Crippen MR) is 89.1 cm³/mol. The fourth-order valence-electron chi connectivity index (χ4n) is 2.23. The Morgan fingerprint density at radius 2 is 1.85 bits per heavy atom. The Kier molecular flexibility index (Phi) is 5.85. The second kappa shape index (κ2) is 7.72. The minimum atomic E-state index is -3.89. The molecule has 0 saturated heterocycles. The normalized spacial score (nSPS) is 12.6. The van der Waals surface area contributed by atoms with Gasteiger partial charge in [-0.2, -0.15) is 0 Å². The molecule has 0 heterocycles. The van der Waals surface area contributed by atoms with Gasteiger partial charge in [-0.3, -0.25) is 10.1 Å². The number of hydrogen-bond donors (Lipinski definition) is 3. The number of rotatable bonds is 7. The SMILES string of the molecule is CNS(=O)(=O)c1ccc(NCC(O)c2c(F)cccc2F)c([N+](=O)[O-])c1. The number of hydrogen-bond acceptors (Lipinski definition) is 6. The number of aliphatic hydroxyl groups is 1. The van der Waals surface area contributed by atoms with Crippen molar-refractivity contribution >= 4 is 21.4 Å². The first-order chi connectivity index (χ1) is 12.2. The molecule has 11 heteroatoms. The number of halogens is 2. The van der Waals surface area contributed by atoms with Crippen LogP contribution < -0.4 is 10.0 Å². The molecule has 2 rings (SSSR count). The number of nitrogens with one attached hydrogen (secondary N) is 2. The van der Waals surface area contributed by atoms with E-state index in [1.54, 1.807) is 0 Å². The highest BCUT2D eigenvalue weighted by molar-refractivity contribution is 7.89. The van der Waals surface area contributed by atoms with E-state index in [1.165, 1.54) is 0 Å². The van der Waals surface area contributed by atoms with Gasteiger partial charge in [0.25, 0.3) is 5.69 Å². The fraction of sp³-hybridized carbons (Fsp3) is 0.200. The number of anilines is 1. The maximum absolute atomic E-state index is 13.6. The molecule has 0 aliphatic rings. The fourth-order valence-corrected chi connectivity index (χ4v) is 2.98. The molecule has 2 aromatic rings. The summed E-state index contributed by atoms with van der Waals surface area (Å²) in [5.41, 5.74) is -1.25. The maximum Gasteiger partial charge on any atom is 0.293 e. The van der Waals surface area contributed by atoms with Crippen LogP contribution in [0.1, 0.15) is 11.7 Å². The number of benzene rings is 2. The summed E-state index contributed by atoms with van der Waals surface area (Å²) in [6.07, 6.45) is -1.61. The predicted octanol–water partition coefficient (Wildman–Crippen LogP) is 1.93. The van der Waals surface area contributed by atoms with Gasteiger partial charge in [-0.05, 0) is 31.3 Å².